The van der Waals surface area contributed by atoms with Crippen LogP contribution in [0.25, 0.3) is 11.3 Å². The Morgan fingerprint density at radius 3 is 2.56 bits per heavy atom. The summed E-state index contributed by atoms with van der Waals surface area (Å²) in [6.07, 6.45) is 0. The van der Waals surface area contributed by atoms with Gasteiger partial charge in [0.2, 0.25) is 0 Å². The van der Waals surface area contributed by atoms with Crippen molar-refractivity contribution in [2.75, 3.05) is 30.4 Å². The summed E-state index contributed by atoms with van der Waals surface area (Å²) in [5, 5.41) is 5.01. The molecule has 0 bridgehead atoms. The van der Waals surface area contributed by atoms with Crippen molar-refractivity contribution in [3.63, 3.8) is 0 Å². The third-order valence-electron chi connectivity index (χ3n) is 5.31. The molecule has 1 amide bonds. The lowest BCUT2D eigenvalue weighted by atomic mass is 10.1. The summed E-state index contributed by atoms with van der Waals surface area (Å²) < 4.78 is 44.2. The molecule has 2 heterocycles. The molecule has 0 saturated heterocycles. The molecule has 0 radical (unpaired) electrons. The minimum Gasteiger partial charge on any atom is -0.497 e. The van der Waals surface area contributed by atoms with Crippen LogP contribution < -0.4 is 24.2 Å². The molecule has 0 aliphatic carbocycles. The molecule has 1 aliphatic rings. The van der Waals surface area contributed by atoms with Gasteiger partial charge >= 0.3 is 0 Å². The SMILES string of the molecule is COc1ccc(S(=O)(=O)Nc2cccc(C(=O)Nc3nc(-c4ccc5c(c4)OCCO5)cs3)c2)cc1. The fraction of sp³-hybridized carbons (Fsp3) is 0.120. The van der Waals surface area contributed by atoms with Crippen LogP contribution in [-0.4, -0.2) is 39.6 Å². The zero-order chi connectivity index (χ0) is 25.1. The van der Waals surface area contributed by atoms with Crippen molar-refractivity contribution in [3.05, 3.63) is 77.7 Å². The van der Waals surface area contributed by atoms with E-state index >= 15 is 0 Å². The lowest BCUT2D eigenvalue weighted by Crippen LogP contribution is -2.15. The summed E-state index contributed by atoms with van der Waals surface area (Å²) >= 11 is 1.28. The third kappa shape index (κ3) is 5.11. The molecule has 11 heteroatoms. The van der Waals surface area contributed by atoms with Crippen molar-refractivity contribution in [2.45, 2.75) is 4.90 Å². The van der Waals surface area contributed by atoms with E-state index in [-0.39, 0.29) is 16.1 Å². The smallest absolute Gasteiger partial charge is 0.261 e. The molecule has 0 atom stereocenters. The number of carbonyl (C=O) groups excluding carboxylic acids is 1. The molecular weight excluding hydrogens is 502 g/mol. The molecule has 1 aliphatic heterocycles. The van der Waals surface area contributed by atoms with Gasteiger partial charge in [-0.05, 0) is 60.7 Å². The summed E-state index contributed by atoms with van der Waals surface area (Å²) in [6.45, 7) is 1.01. The summed E-state index contributed by atoms with van der Waals surface area (Å²) in [4.78, 5) is 17.4. The lowest BCUT2D eigenvalue weighted by molar-refractivity contribution is 0.102. The Morgan fingerprint density at radius 1 is 1.00 bits per heavy atom. The molecular formula is C25H21N3O6S2. The predicted molar refractivity (Wildman–Crippen MR) is 137 cm³/mol. The molecule has 2 N–H and O–H groups in total. The Kier molecular flexibility index (Phi) is 6.49. The second kappa shape index (κ2) is 9.88. The fourth-order valence-electron chi connectivity index (χ4n) is 3.53. The van der Waals surface area contributed by atoms with Crippen molar-refractivity contribution in [2.24, 2.45) is 0 Å². The quantitative estimate of drug-likeness (QED) is 0.362. The van der Waals surface area contributed by atoms with Crippen LogP contribution in [0.4, 0.5) is 10.8 Å². The summed E-state index contributed by atoms with van der Waals surface area (Å²) in [6, 6.07) is 17.8. The molecule has 0 fully saturated rings. The van der Waals surface area contributed by atoms with Gasteiger partial charge in [-0.3, -0.25) is 14.8 Å². The number of anilines is 2. The second-order valence-corrected chi connectivity index (χ2v) is 10.3. The third-order valence-corrected chi connectivity index (χ3v) is 7.46. The number of carbonyl (C=O) groups is 1. The van der Waals surface area contributed by atoms with Gasteiger partial charge in [-0.25, -0.2) is 13.4 Å². The van der Waals surface area contributed by atoms with E-state index in [1.54, 1.807) is 30.3 Å². The minimum absolute atomic E-state index is 0.0765. The van der Waals surface area contributed by atoms with Crippen LogP contribution in [0.2, 0.25) is 0 Å². The number of hydrogen-bond acceptors (Lipinski definition) is 8. The topological polar surface area (TPSA) is 116 Å². The van der Waals surface area contributed by atoms with Gasteiger partial charge < -0.3 is 14.2 Å². The summed E-state index contributed by atoms with van der Waals surface area (Å²) in [5.41, 5.74) is 2.06. The number of benzene rings is 3. The number of aromatic nitrogens is 1. The molecule has 9 nitrogen and oxygen atoms in total. The number of thiazole rings is 1. The maximum absolute atomic E-state index is 12.8. The van der Waals surface area contributed by atoms with Crippen LogP contribution in [0.15, 0.2) is 77.0 Å². The summed E-state index contributed by atoms with van der Waals surface area (Å²) in [7, 11) is -2.34. The predicted octanol–water partition coefficient (Wildman–Crippen LogP) is 4.64. The van der Waals surface area contributed by atoms with Crippen LogP contribution in [-0.2, 0) is 10.0 Å². The molecule has 184 valence electrons. The Hall–Kier alpha value is -4.09. The highest BCUT2D eigenvalue weighted by molar-refractivity contribution is 7.92. The molecule has 3 aromatic carbocycles. The van der Waals surface area contributed by atoms with Gasteiger partial charge in [0.25, 0.3) is 15.9 Å². The number of rotatable bonds is 7. The highest BCUT2D eigenvalue weighted by atomic mass is 32.2. The number of nitrogens with one attached hydrogen (secondary N) is 2. The number of nitrogens with zero attached hydrogens (tertiary/aromatic N) is 1. The number of amides is 1. The van der Waals surface area contributed by atoms with E-state index in [1.165, 1.54) is 36.6 Å². The van der Waals surface area contributed by atoms with Crippen LogP contribution in [0.1, 0.15) is 10.4 Å². The Morgan fingerprint density at radius 2 is 1.78 bits per heavy atom. The normalized spacial score (nSPS) is 12.6. The first-order valence-electron chi connectivity index (χ1n) is 10.9. The van der Waals surface area contributed by atoms with Crippen molar-refractivity contribution < 1.29 is 27.4 Å². The van der Waals surface area contributed by atoms with Crippen molar-refractivity contribution in [1.82, 2.24) is 4.98 Å². The average molecular weight is 524 g/mol. The highest BCUT2D eigenvalue weighted by Crippen LogP contribution is 2.35. The van der Waals surface area contributed by atoms with Crippen LogP contribution in [0.5, 0.6) is 17.2 Å². The number of fused-ring (bicyclic) bond motifs is 1. The number of methoxy groups -OCH3 is 1. The highest BCUT2D eigenvalue weighted by Gasteiger charge is 2.17. The van der Waals surface area contributed by atoms with Gasteiger partial charge in [0, 0.05) is 22.2 Å². The summed E-state index contributed by atoms with van der Waals surface area (Å²) in [5.74, 6) is 1.48. The minimum atomic E-state index is -3.84. The Balaban J connectivity index is 1.28. The van der Waals surface area contributed by atoms with Gasteiger partial charge in [0.1, 0.15) is 19.0 Å². The Labute approximate surface area is 211 Å². The first-order chi connectivity index (χ1) is 17.4. The van der Waals surface area contributed by atoms with E-state index in [9.17, 15) is 13.2 Å². The maximum atomic E-state index is 12.8. The van der Waals surface area contributed by atoms with Gasteiger partial charge in [0.05, 0.1) is 17.7 Å². The molecule has 0 spiro atoms. The van der Waals surface area contributed by atoms with Crippen LogP contribution >= 0.6 is 11.3 Å². The van der Waals surface area contributed by atoms with Crippen LogP contribution in [0.3, 0.4) is 0 Å². The van der Waals surface area contributed by atoms with E-state index in [1.807, 2.05) is 23.6 Å². The van der Waals surface area contributed by atoms with Crippen LogP contribution in [0, 0.1) is 0 Å². The first kappa shape index (κ1) is 23.6. The van der Waals surface area contributed by atoms with Gasteiger partial charge in [-0.1, -0.05) is 6.07 Å². The number of hydrogen-bond donors (Lipinski definition) is 2. The number of ether oxygens (including phenoxy) is 3. The van der Waals surface area contributed by atoms with Gasteiger partial charge in [0.15, 0.2) is 16.6 Å². The van der Waals surface area contributed by atoms with E-state index in [0.717, 1.165) is 5.56 Å². The fourth-order valence-corrected chi connectivity index (χ4v) is 5.29. The maximum Gasteiger partial charge on any atom is 0.261 e. The largest absolute Gasteiger partial charge is 0.497 e. The van der Waals surface area contributed by atoms with E-state index in [2.05, 4.69) is 15.0 Å². The zero-order valence-corrected chi connectivity index (χ0v) is 20.7. The molecule has 0 saturated carbocycles. The monoisotopic (exact) mass is 523 g/mol. The average Bonchev–Trinajstić information content (AvgIpc) is 3.37. The zero-order valence-electron chi connectivity index (χ0n) is 19.1. The number of sulfonamides is 1. The van der Waals surface area contributed by atoms with E-state index < -0.39 is 15.9 Å². The van der Waals surface area contributed by atoms with Crippen molar-refractivity contribution >= 4 is 38.1 Å². The second-order valence-electron chi connectivity index (χ2n) is 7.71. The van der Waals surface area contributed by atoms with Crippen molar-refractivity contribution in [1.29, 1.82) is 0 Å². The van der Waals surface area contributed by atoms with Gasteiger partial charge in [-0.15, -0.1) is 11.3 Å². The van der Waals surface area contributed by atoms with E-state index in [0.29, 0.717) is 41.3 Å². The lowest BCUT2D eigenvalue weighted by Gasteiger charge is -2.18. The molecule has 0 unspecified atom stereocenters. The van der Waals surface area contributed by atoms with Gasteiger partial charge in [-0.2, -0.15) is 0 Å². The first-order valence-corrected chi connectivity index (χ1v) is 13.2. The molecule has 36 heavy (non-hydrogen) atoms. The Bertz CT molecular complexity index is 1520. The van der Waals surface area contributed by atoms with E-state index in [4.69, 9.17) is 14.2 Å². The van der Waals surface area contributed by atoms with Crippen molar-refractivity contribution in [3.8, 4) is 28.5 Å². The molecule has 4 aromatic rings. The molecule has 1 aromatic heterocycles. The standard InChI is InChI=1S/C25H21N3O6S2/c1-32-19-6-8-20(9-7-19)36(30,31)28-18-4-2-3-17(13-18)24(29)27-25-26-21(15-35-25)16-5-10-22-23(14-16)34-12-11-33-22/h2-10,13-15,28H,11-12H2,1H3,(H,26,27,29). The molecule has 5 rings (SSSR count).